The van der Waals surface area contributed by atoms with Gasteiger partial charge in [0.1, 0.15) is 6.04 Å². The smallest absolute Gasteiger partial charge is 0.407 e. The standard InChI is InChI=1S/C14H27NO4/c1-6-7-10-19-13(17)15-11(12(16)18-5)8-9-14(2,3)4/h11H,6-10H2,1-5H3,(H,15,17). The van der Waals surface area contributed by atoms with Crippen molar-refractivity contribution in [1.82, 2.24) is 5.32 Å². The fourth-order valence-electron chi connectivity index (χ4n) is 1.46. The molecule has 0 bridgehead atoms. The minimum absolute atomic E-state index is 0.0973. The molecule has 0 rings (SSSR count). The van der Waals surface area contributed by atoms with Gasteiger partial charge in [0, 0.05) is 0 Å². The van der Waals surface area contributed by atoms with Crippen molar-refractivity contribution < 1.29 is 19.1 Å². The Labute approximate surface area is 116 Å². The van der Waals surface area contributed by atoms with Crippen LogP contribution in [0, 0.1) is 5.41 Å². The van der Waals surface area contributed by atoms with Crippen LogP contribution in [0.3, 0.4) is 0 Å². The molecule has 0 saturated carbocycles. The summed E-state index contributed by atoms with van der Waals surface area (Å²) in [5, 5.41) is 2.56. The van der Waals surface area contributed by atoms with Crippen molar-refractivity contribution in [3.8, 4) is 0 Å². The van der Waals surface area contributed by atoms with E-state index in [9.17, 15) is 9.59 Å². The highest BCUT2D eigenvalue weighted by Gasteiger charge is 2.24. The summed E-state index contributed by atoms with van der Waals surface area (Å²) >= 11 is 0. The Morgan fingerprint density at radius 1 is 1.26 bits per heavy atom. The van der Waals surface area contributed by atoms with Gasteiger partial charge < -0.3 is 14.8 Å². The summed E-state index contributed by atoms with van der Waals surface area (Å²) in [5.41, 5.74) is 0.0973. The van der Waals surface area contributed by atoms with Crippen LogP contribution in [0.15, 0.2) is 0 Å². The summed E-state index contributed by atoms with van der Waals surface area (Å²) in [4.78, 5) is 23.1. The number of ether oxygens (including phenoxy) is 2. The second-order valence-corrected chi connectivity index (χ2v) is 5.81. The molecule has 0 aromatic rings. The number of amides is 1. The average Bonchev–Trinajstić information content (AvgIpc) is 2.32. The fraction of sp³-hybridized carbons (Fsp3) is 0.857. The Morgan fingerprint density at radius 3 is 2.37 bits per heavy atom. The normalized spacial score (nSPS) is 12.7. The van der Waals surface area contributed by atoms with Crippen LogP contribution >= 0.6 is 0 Å². The predicted octanol–water partition coefficient (Wildman–Crippen LogP) is 2.88. The summed E-state index contributed by atoms with van der Waals surface area (Å²) < 4.78 is 9.68. The number of rotatable bonds is 7. The van der Waals surface area contributed by atoms with Crippen molar-refractivity contribution in [3.05, 3.63) is 0 Å². The van der Waals surface area contributed by atoms with E-state index in [1.165, 1.54) is 7.11 Å². The zero-order valence-electron chi connectivity index (χ0n) is 12.7. The molecule has 1 atom stereocenters. The highest BCUT2D eigenvalue weighted by Crippen LogP contribution is 2.21. The van der Waals surface area contributed by atoms with Gasteiger partial charge in [-0.05, 0) is 24.7 Å². The summed E-state index contributed by atoms with van der Waals surface area (Å²) in [5.74, 6) is -0.434. The molecule has 0 aliphatic rings. The Kier molecular flexibility index (Phi) is 8.19. The van der Waals surface area contributed by atoms with Crippen LogP contribution in [0.25, 0.3) is 0 Å². The highest BCUT2D eigenvalue weighted by atomic mass is 16.6. The van der Waals surface area contributed by atoms with Crippen LogP contribution in [0.4, 0.5) is 4.79 Å². The number of hydrogen-bond acceptors (Lipinski definition) is 4. The first-order valence-electron chi connectivity index (χ1n) is 6.81. The second-order valence-electron chi connectivity index (χ2n) is 5.81. The topological polar surface area (TPSA) is 64.6 Å². The zero-order chi connectivity index (χ0) is 14.9. The quantitative estimate of drug-likeness (QED) is 0.572. The molecule has 0 radical (unpaired) electrons. The summed E-state index contributed by atoms with van der Waals surface area (Å²) in [7, 11) is 1.32. The van der Waals surface area contributed by atoms with Crippen molar-refractivity contribution in [1.29, 1.82) is 0 Å². The zero-order valence-corrected chi connectivity index (χ0v) is 12.7. The third-order valence-electron chi connectivity index (χ3n) is 2.69. The minimum Gasteiger partial charge on any atom is -0.467 e. The van der Waals surface area contributed by atoms with E-state index in [2.05, 4.69) is 26.1 Å². The molecular formula is C14H27NO4. The lowest BCUT2D eigenvalue weighted by molar-refractivity contribution is -0.143. The van der Waals surface area contributed by atoms with Gasteiger partial charge in [0.25, 0.3) is 0 Å². The van der Waals surface area contributed by atoms with Gasteiger partial charge in [-0.2, -0.15) is 0 Å². The first-order valence-corrected chi connectivity index (χ1v) is 6.81. The summed E-state index contributed by atoms with van der Waals surface area (Å²) in [6, 6.07) is -0.640. The molecular weight excluding hydrogens is 246 g/mol. The molecule has 0 fully saturated rings. The summed E-state index contributed by atoms with van der Waals surface area (Å²) in [6.07, 6.45) is 2.56. The van der Waals surface area contributed by atoms with Gasteiger partial charge in [0.2, 0.25) is 0 Å². The van der Waals surface area contributed by atoms with Gasteiger partial charge in [-0.25, -0.2) is 9.59 Å². The lowest BCUT2D eigenvalue weighted by atomic mass is 9.89. The van der Waals surface area contributed by atoms with E-state index in [-0.39, 0.29) is 5.41 Å². The number of carbonyl (C=O) groups excluding carboxylic acids is 2. The van der Waals surface area contributed by atoms with E-state index in [1.54, 1.807) is 0 Å². The SMILES string of the molecule is CCCCOC(=O)NC(CCC(C)(C)C)C(=O)OC. The van der Waals surface area contributed by atoms with Crippen molar-refractivity contribution in [2.45, 2.75) is 59.4 Å². The maximum absolute atomic E-state index is 11.6. The third kappa shape index (κ3) is 9.33. The predicted molar refractivity (Wildman–Crippen MR) is 73.9 cm³/mol. The first-order chi connectivity index (χ1) is 8.80. The van der Waals surface area contributed by atoms with Crippen LogP contribution in [0.5, 0.6) is 0 Å². The second kappa shape index (κ2) is 8.77. The van der Waals surface area contributed by atoms with E-state index >= 15 is 0 Å². The van der Waals surface area contributed by atoms with Crippen LogP contribution in [0.2, 0.25) is 0 Å². The van der Waals surface area contributed by atoms with Gasteiger partial charge in [-0.1, -0.05) is 34.1 Å². The third-order valence-corrected chi connectivity index (χ3v) is 2.69. The van der Waals surface area contributed by atoms with Gasteiger partial charge >= 0.3 is 12.1 Å². The molecule has 1 amide bonds. The van der Waals surface area contributed by atoms with Crippen LogP contribution in [-0.4, -0.2) is 31.8 Å². The average molecular weight is 273 g/mol. The maximum Gasteiger partial charge on any atom is 0.407 e. The minimum atomic E-state index is -0.640. The molecule has 1 unspecified atom stereocenters. The van der Waals surface area contributed by atoms with Crippen LogP contribution in [-0.2, 0) is 14.3 Å². The molecule has 5 nitrogen and oxygen atoms in total. The molecule has 0 spiro atoms. The van der Waals surface area contributed by atoms with Gasteiger partial charge in [0.05, 0.1) is 13.7 Å². The monoisotopic (exact) mass is 273 g/mol. The summed E-state index contributed by atoms with van der Waals surface area (Å²) in [6.45, 7) is 8.64. The number of methoxy groups -OCH3 is 1. The van der Waals surface area contributed by atoms with Gasteiger partial charge in [-0.3, -0.25) is 0 Å². The maximum atomic E-state index is 11.6. The van der Waals surface area contributed by atoms with E-state index in [1.807, 2.05) is 6.92 Å². The Morgan fingerprint density at radius 2 is 1.89 bits per heavy atom. The molecule has 1 N–H and O–H groups in total. The molecule has 0 saturated heterocycles. The number of carbonyl (C=O) groups is 2. The van der Waals surface area contributed by atoms with Crippen molar-refractivity contribution in [3.63, 3.8) is 0 Å². The van der Waals surface area contributed by atoms with Gasteiger partial charge in [0.15, 0.2) is 0 Å². The fourth-order valence-corrected chi connectivity index (χ4v) is 1.46. The lowest BCUT2D eigenvalue weighted by Gasteiger charge is -2.22. The highest BCUT2D eigenvalue weighted by molar-refractivity contribution is 5.81. The Balaban J connectivity index is 4.27. The molecule has 19 heavy (non-hydrogen) atoms. The number of alkyl carbamates (subject to hydrolysis) is 1. The van der Waals surface area contributed by atoms with E-state index < -0.39 is 18.1 Å². The van der Waals surface area contributed by atoms with E-state index in [4.69, 9.17) is 9.47 Å². The van der Waals surface area contributed by atoms with Crippen molar-refractivity contribution >= 4 is 12.1 Å². The van der Waals surface area contributed by atoms with Crippen LogP contribution in [0.1, 0.15) is 53.4 Å². The lowest BCUT2D eigenvalue weighted by Crippen LogP contribution is -2.42. The Hall–Kier alpha value is -1.26. The largest absolute Gasteiger partial charge is 0.467 e. The Bertz CT molecular complexity index is 284. The number of unbranched alkanes of at least 4 members (excludes halogenated alkanes) is 1. The van der Waals surface area contributed by atoms with E-state index in [0.29, 0.717) is 13.0 Å². The van der Waals surface area contributed by atoms with Crippen LogP contribution < -0.4 is 5.32 Å². The first kappa shape index (κ1) is 17.7. The van der Waals surface area contributed by atoms with Crippen molar-refractivity contribution in [2.75, 3.05) is 13.7 Å². The van der Waals surface area contributed by atoms with E-state index in [0.717, 1.165) is 19.3 Å². The molecule has 5 heteroatoms. The number of esters is 1. The molecule has 0 heterocycles. The molecule has 0 aromatic carbocycles. The molecule has 0 aliphatic heterocycles. The number of hydrogen-bond donors (Lipinski definition) is 1. The molecule has 0 aliphatic carbocycles. The molecule has 0 aromatic heterocycles. The van der Waals surface area contributed by atoms with Crippen molar-refractivity contribution in [2.24, 2.45) is 5.41 Å². The molecule has 112 valence electrons. The van der Waals surface area contributed by atoms with Gasteiger partial charge in [-0.15, -0.1) is 0 Å². The number of nitrogens with one attached hydrogen (secondary N) is 1.